The van der Waals surface area contributed by atoms with Crippen LogP contribution in [0.2, 0.25) is 0 Å². The number of nitrogens with zero attached hydrogens (tertiary/aromatic N) is 2. The van der Waals surface area contributed by atoms with Crippen LogP contribution in [0.4, 0.5) is 4.79 Å². The molecule has 3 N–H and O–H groups in total. The van der Waals surface area contributed by atoms with Gasteiger partial charge in [-0.15, -0.1) is 0 Å². The highest BCUT2D eigenvalue weighted by Gasteiger charge is 2.17. The second-order valence-corrected chi connectivity index (χ2v) is 6.76. The highest BCUT2D eigenvalue weighted by atomic mass is 16.6. The van der Waals surface area contributed by atoms with Crippen molar-refractivity contribution in [2.45, 2.75) is 52.4 Å². The molecule has 0 saturated carbocycles. The normalized spacial score (nSPS) is 12.7. The topological polar surface area (TPSA) is 114 Å². The second-order valence-electron chi connectivity index (χ2n) is 6.76. The molecule has 1 rings (SSSR count). The summed E-state index contributed by atoms with van der Waals surface area (Å²) in [6.45, 7) is 11.5. The Morgan fingerprint density at radius 3 is 2.50 bits per heavy atom. The van der Waals surface area contributed by atoms with Crippen LogP contribution in [0, 0.1) is 0 Å². The Morgan fingerprint density at radius 1 is 1.43 bits per heavy atom. The molecule has 0 radical (unpaired) electrons. The first kappa shape index (κ1) is 25.1. The number of hydrogen-bond acceptors (Lipinski definition) is 5. The van der Waals surface area contributed by atoms with E-state index in [0.29, 0.717) is 12.4 Å². The lowest BCUT2D eigenvalue weighted by Gasteiger charge is -2.18. The lowest BCUT2D eigenvalue weighted by molar-refractivity contribution is -0.139. The number of allylic oxidation sites excluding steroid dienone is 5. The van der Waals surface area contributed by atoms with Gasteiger partial charge in [0.05, 0.1) is 6.42 Å². The number of carboxylic acids is 1. The van der Waals surface area contributed by atoms with Gasteiger partial charge in [-0.1, -0.05) is 30.9 Å². The highest BCUT2D eigenvalue weighted by Crippen LogP contribution is 2.16. The molecule has 0 aromatic carbocycles. The van der Waals surface area contributed by atoms with Gasteiger partial charge >= 0.3 is 12.1 Å². The van der Waals surface area contributed by atoms with Gasteiger partial charge in [0.25, 0.3) is 0 Å². The molecule has 1 atom stereocenters. The summed E-state index contributed by atoms with van der Waals surface area (Å²) in [5.41, 5.74) is 0.597. The lowest BCUT2D eigenvalue weighted by Crippen LogP contribution is -2.30. The van der Waals surface area contributed by atoms with Crippen molar-refractivity contribution in [1.82, 2.24) is 14.9 Å². The minimum atomic E-state index is -1.11. The van der Waals surface area contributed by atoms with E-state index in [1.54, 1.807) is 23.0 Å². The standard InChI is InChI=1S/C14H18N2O3.C6H13NO2/c1-3-5-11(6-4-2)10-16-8-7-15-14(16)12(17)9-13(18)19;1-6(2,3)9-5(8)7-4/h3-8,12,17H,1,9-10H2,2H3,(H,18,19);1-4H3,(H,7,8)/b6-4-,11-5+;. The zero-order valence-electron chi connectivity index (χ0n) is 17.2. The predicted molar refractivity (Wildman–Crippen MR) is 108 cm³/mol. The maximum atomic E-state index is 10.6. The molecule has 28 heavy (non-hydrogen) atoms. The highest BCUT2D eigenvalue weighted by molar-refractivity contribution is 5.67. The van der Waals surface area contributed by atoms with Gasteiger partial charge in [-0.25, -0.2) is 9.78 Å². The number of rotatable bonds is 7. The Kier molecular flexibility index (Phi) is 11.2. The first-order valence-corrected chi connectivity index (χ1v) is 8.80. The van der Waals surface area contributed by atoms with Crippen LogP contribution in [0.3, 0.4) is 0 Å². The van der Waals surface area contributed by atoms with Crippen molar-refractivity contribution in [3.05, 3.63) is 54.7 Å². The SMILES string of the molecule is C=C/C=C(\C=C/C)Cn1ccnc1C(O)CC(=O)O.CNC(=O)OC(C)(C)C. The van der Waals surface area contributed by atoms with Crippen LogP contribution in [0.5, 0.6) is 0 Å². The van der Waals surface area contributed by atoms with Crippen LogP contribution < -0.4 is 5.32 Å². The quantitative estimate of drug-likeness (QED) is 0.613. The number of alkyl carbamates (subject to hydrolysis) is 1. The van der Waals surface area contributed by atoms with Crippen LogP contribution in [-0.4, -0.2) is 44.5 Å². The molecule has 0 bridgehead atoms. The van der Waals surface area contributed by atoms with Crippen LogP contribution >= 0.6 is 0 Å². The van der Waals surface area contributed by atoms with Gasteiger partial charge in [-0.05, 0) is 33.3 Å². The zero-order chi connectivity index (χ0) is 21.7. The molecule has 1 heterocycles. The van der Waals surface area contributed by atoms with E-state index >= 15 is 0 Å². The summed E-state index contributed by atoms with van der Waals surface area (Å²) in [5, 5.41) is 20.9. The molecule has 0 saturated heterocycles. The Labute approximate surface area is 166 Å². The fraction of sp³-hybridized carbons (Fsp3) is 0.450. The third-order valence-electron chi connectivity index (χ3n) is 3.08. The summed E-state index contributed by atoms with van der Waals surface area (Å²) in [6, 6.07) is 0. The van der Waals surface area contributed by atoms with Crippen molar-refractivity contribution in [3.63, 3.8) is 0 Å². The molecule has 8 nitrogen and oxygen atoms in total. The van der Waals surface area contributed by atoms with Crippen molar-refractivity contribution in [2.24, 2.45) is 0 Å². The van der Waals surface area contributed by atoms with Crippen molar-refractivity contribution < 1.29 is 24.5 Å². The summed E-state index contributed by atoms with van der Waals surface area (Å²) in [5.74, 6) is -0.709. The maximum absolute atomic E-state index is 10.6. The number of carboxylic acid groups (broad SMARTS) is 1. The Hall–Kier alpha value is -2.87. The Bertz CT molecular complexity index is 699. The van der Waals surface area contributed by atoms with E-state index < -0.39 is 12.1 Å². The fourth-order valence-electron chi connectivity index (χ4n) is 2.06. The van der Waals surface area contributed by atoms with Crippen LogP contribution in [-0.2, 0) is 16.1 Å². The number of nitrogens with one attached hydrogen (secondary N) is 1. The molecule has 1 aromatic heterocycles. The molecule has 0 spiro atoms. The molecule has 0 fully saturated rings. The van der Waals surface area contributed by atoms with E-state index in [4.69, 9.17) is 9.84 Å². The molecule has 8 heteroatoms. The van der Waals surface area contributed by atoms with Crippen molar-refractivity contribution >= 4 is 12.1 Å². The van der Waals surface area contributed by atoms with Gasteiger partial charge in [0.1, 0.15) is 17.5 Å². The number of carbonyl (C=O) groups is 2. The number of ether oxygens (including phenoxy) is 1. The second kappa shape index (κ2) is 12.5. The molecular weight excluding hydrogens is 362 g/mol. The van der Waals surface area contributed by atoms with E-state index in [2.05, 4.69) is 16.9 Å². The molecule has 0 aliphatic rings. The molecule has 0 aliphatic carbocycles. The fourth-order valence-corrected chi connectivity index (χ4v) is 2.06. The number of hydrogen-bond donors (Lipinski definition) is 3. The minimum Gasteiger partial charge on any atom is -0.481 e. The molecular formula is C20H31N3O5. The Morgan fingerprint density at radius 2 is 2.07 bits per heavy atom. The first-order chi connectivity index (χ1) is 13.0. The third-order valence-corrected chi connectivity index (χ3v) is 3.08. The van der Waals surface area contributed by atoms with Gasteiger partial charge in [-0.3, -0.25) is 4.79 Å². The van der Waals surface area contributed by atoms with E-state index in [-0.39, 0.29) is 18.1 Å². The van der Waals surface area contributed by atoms with E-state index in [1.807, 2.05) is 45.9 Å². The lowest BCUT2D eigenvalue weighted by atomic mass is 10.2. The number of aromatic nitrogens is 2. The molecule has 0 aliphatic heterocycles. The molecule has 1 aromatic rings. The number of aliphatic carboxylic acids is 1. The summed E-state index contributed by atoms with van der Waals surface area (Å²) < 4.78 is 6.56. The Balaban J connectivity index is 0.000000684. The van der Waals surface area contributed by atoms with E-state index in [0.717, 1.165) is 5.57 Å². The van der Waals surface area contributed by atoms with Crippen LogP contribution in [0.15, 0.2) is 48.8 Å². The number of amides is 1. The molecule has 1 unspecified atom stereocenters. The van der Waals surface area contributed by atoms with Crippen LogP contribution in [0.25, 0.3) is 0 Å². The average Bonchev–Trinajstić information content (AvgIpc) is 3.02. The van der Waals surface area contributed by atoms with Gasteiger partial charge < -0.3 is 24.8 Å². The van der Waals surface area contributed by atoms with E-state index in [1.165, 1.54) is 7.05 Å². The van der Waals surface area contributed by atoms with Crippen molar-refractivity contribution in [1.29, 1.82) is 0 Å². The van der Waals surface area contributed by atoms with Gasteiger partial charge in [0.2, 0.25) is 0 Å². The first-order valence-electron chi connectivity index (χ1n) is 8.80. The third kappa shape index (κ3) is 11.0. The van der Waals surface area contributed by atoms with Crippen molar-refractivity contribution in [3.8, 4) is 0 Å². The number of carbonyl (C=O) groups excluding carboxylic acids is 1. The summed E-state index contributed by atoms with van der Waals surface area (Å²) in [6.07, 6.45) is 8.76. The van der Waals surface area contributed by atoms with Crippen LogP contribution in [0.1, 0.15) is 46.0 Å². The largest absolute Gasteiger partial charge is 0.481 e. The smallest absolute Gasteiger partial charge is 0.407 e. The molecule has 1 amide bonds. The van der Waals surface area contributed by atoms with E-state index in [9.17, 15) is 14.7 Å². The van der Waals surface area contributed by atoms with Gasteiger partial charge in [0.15, 0.2) is 0 Å². The molecule has 156 valence electrons. The summed E-state index contributed by atoms with van der Waals surface area (Å²) >= 11 is 0. The monoisotopic (exact) mass is 393 g/mol. The zero-order valence-corrected chi connectivity index (χ0v) is 17.2. The summed E-state index contributed by atoms with van der Waals surface area (Å²) in [7, 11) is 1.54. The van der Waals surface area contributed by atoms with Gasteiger partial charge in [-0.2, -0.15) is 0 Å². The average molecular weight is 393 g/mol. The maximum Gasteiger partial charge on any atom is 0.407 e. The minimum absolute atomic E-state index is 0.349. The summed E-state index contributed by atoms with van der Waals surface area (Å²) in [4.78, 5) is 25.1. The number of imidazole rings is 1. The van der Waals surface area contributed by atoms with Gasteiger partial charge in [0, 0.05) is 26.0 Å². The predicted octanol–water partition coefficient (Wildman–Crippen LogP) is 3.22. The number of aliphatic hydroxyl groups excluding tert-OH is 1. The van der Waals surface area contributed by atoms with Crippen molar-refractivity contribution in [2.75, 3.05) is 7.05 Å². The number of aliphatic hydroxyl groups is 1.